The first-order valence-electron chi connectivity index (χ1n) is 11.3. The van der Waals surface area contributed by atoms with Crippen LogP contribution in [0.1, 0.15) is 30.4 Å². The molecule has 1 saturated heterocycles. The Labute approximate surface area is 191 Å². The van der Waals surface area contributed by atoms with Crippen molar-refractivity contribution in [2.24, 2.45) is 24.8 Å². The maximum atomic E-state index is 13.2. The van der Waals surface area contributed by atoms with Crippen LogP contribution in [-0.2, 0) is 18.4 Å². The van der Waals surface area contributed by atoms with Crippen molar-refractivity contribution in [2.45, 2.75) is 25.5 Å². The highest BCUT2D eigenvalue weighted by molar-refractivity contribution is 5.67. The quantitative estimate of drug-likeness (QED) is 0.599. The maximum Gasteiger partial charge on any atom is 0.407 e. The monoisotopic (exact) mass is 450 g/mol. The van der Waals surface area contributed by atoms with E-state index in [1.807, 2.05) is 12.3 Å². The molecule has 9 heteroatoms. The van der Waals surface area contributed by atoms with Crippen LogP contribution in [0.15, 0.2) is 48.9 Å². The molecule has 3 heterocycles. The number of ether oxygens (including phenoxy) is 1. The molecule has 2 fully saturated rings. The summed E-state index contributed by atoms with van der Waals surface area (Å²) in [6.07, 6.45) is 4.98. The van der Waals surface area contributed by atoms with Crippen molar-refractivity contribution in [3.05, 3.63) is 66.3 Å². The molecule has 1 aromatic carbocycles. The second-order valence-corrected chi connectivity index (χ2v) is 8.88. The Morgan fingerprint density at radius 2 is 2.00 bits per heavy atom. The molecule has 172 valence electrons. The number of hydrogen-bond donors (Lipinski definition) is 2. The van der Waals surface area contributed by atoms with Crippen LogP contribution in [0, 0.1) is 23.6 Å². The number of fused-ring (bicyclic) bond motifs is 1. The lowest BCUT2D eigenvalue weighted by molar-refractivity contribution is 0.133. The summed E-state index contributed by atoms with van der Waals surface area (Å²) in [6, 6.07) is 10.8. The van der Waals surface area contributed by atoms with E-state index in [4.69, 9.17) is 9.72 Å². The lowest BCUT2D eigenvalue weighted by Gasteiger charge is -2.19. The van der Waals surface area contributed by atoms with Gasteiger partial charge in [0.1, 0.15) is 12.1 Å². The van der Waals surface area contributed by atoms with Crippen molar-refractivity contribution in [3.63, 3.8) is 0 Å². The molecule has 5 rings (SSSR count). The molecule has 0 unspecified atom stereocenters. The van der Waals surface area contributed by atoms with Crippen LogP contribution in [0.5, 0.6) is 0 Å². The fourth-order valence-electron chi connectivity index (χ4n) is 5.10. The summed E-state index contributed by atoms with van der Waals surface area (Å²) in [5.74, 6) is 1.86. The van der Waals surface area contributed by atoms with Gasteiger partial charge >= 0.3 is 6.09 Å². The van der Waals surface area contributed by atoms with Crippen molar-refractivity contribution in [3.8, 4) is 11.1 Å². The number of alkyl carbamates (subject to hydrolysis) is 1. The van der Waals surface area contributed by atoms with Gasteiger partial charge in [-0.15, -0.1) is 0 Å². The summed E-state index contributed by atoms with van der Waals surface area (Å²) >= 11 is 0. The second kappa shape index (κ2) is 9.27. The fraction of sp³-hybridized carbons (Fsp3) is 0.417. The number of carbonyl (C=O) groups excluding carboxylic acids is 1. The normalized spacial score (nSPS) is 23.9. The van der Waals surface area contributed by atoms with Crippen LogP contribution in [0.2, 0.25) is 0 Å². The third-order valence-corrected chi connectivity index (χ3v) is 6.83. The molecular formula is C24H27FN6O2. The summed E-state index contributed by atoms with van der Waals surface area (Å²) in [4.78, 5) is 20.8. The van der Waals surface area contributed by atoms with E-state index in [9.17, 15) is 9.18 Å². The SMILES string of the molecule is Cn1ncnc1COC(=O)NC[C@H]1C[C@@H]2CN[C@H](c3ccc(-c4ccc(F)cc4)cn3)[C@H]2C1. The number of aromatic nitrogens is 4. The van der Waals surface area contributed by atoms with Crippen LogP contribution in [0.25, 0.3) is 11.1 Å². The Morgan fingerprint density at radius 1 is 1.18 bits per heavy atom. The predicted octanol–water partition coefficient (Wildman–Crippen LogP) is 3.23. The summed E-state index contributed by atoms with van der Waals surface area (Å²) in [6.45, 7) is 1.67. The first kappa shape index (κ1) is 21.5. The standard InChI is InChI=1S/C24H27FN6O2/c1-31-22(29-14-30-31)13-33-24(32)28-10-15-8-18-12-27-23(20(18)9-15)21-7-4-17(11-26-21)16-2-5-19(25)6-3-16/h2-7,11,14-15,18,20,23,27H,8-10,12-13H2,1H3,(H,28,32)/t15-,18+,20-,23-/m0/s1. The highest BCUT2D eigenvalue weighted by Crippen LogP contribution is 2.46. The number of aryl methyl sites for hydroxylation is 1. The summed E-state index contributed by atoms with van der Waals surface area (Å²) in [5.41, 5.74) is 2.96. The molecule has 8 nitrogen and oxygen atoms in total. The van der Waals surface area contributed by atoms with Gasteiger partial charge < -0.3 is 15.4 Å². The number of carbonyl (C=O) groups is 1. The number of rotatable bonds is 6. The third-order valence-electron chi connectivity index (χ3n) is 6.83. The van der Waals surface area contributed by atoms with Crippen molar-refractivity contribution in [2.75, 3.05) is 13.1 Å². The molecule has 1 saturated carbocycles. The highest BCUT2D eigenvalue weighted by atomic mass is 19.1. The Kier molecular flexibility index (Phi) is 6.04. The minimum Gasteiger partial charge on any atom is -0.441 e. The molecule has 2 aromatic heterocycles. The zero-order chi connectivity index (χ0) is 22.8. The zero-order valence-electron chi connectivity index (χ0n) is 18.4. The Bertz CT molecular complexity index is 1100. The lowest BCUT2D eigenvalue weighted by Crippen LogP contribution is -2.30. The van der Waals surface area contributed by atoms with Gasteiger partial charge in [-0.3, -0.25) is 9.67 Å². The van der Waals surface area contributed by atoms with Gasteiger partial charge in [-0.2, -0.15) is 5.10 Å². The number of amides is 1. The van der Waals surface area contributed by atoms with Crippen LogP contribution in [0.4, 0.5) is 9.18 Å². The van der Waals surface area contributed by atoms with Gasteiger partial charge in [-0.1, -0.05) is 18.2 Å². The van der Waals surface area contributed by atoms with Gasteiger partial charge in [-0.25, -0.2) is 14.2 Å². The third kappa shape index (κ3) is 4.73. The van der Waals surface area contributed by atoms with Crippen molar-refractivity contribution < 1.29 is 13.9 Å². The van der Waals surface area contributed by atoms with Gasteiger partial charge in [0.05, 0.1) is 11.7 Å². The number of hydrogen-bond acceptors (Lipinski definition) is 6. The molecule has 1 amide bonds. The molecule has 1 aliphatic heterocycles. The topological polar surface area (TPSA) is 94.0 Å². The van der Waals surface area contributed by atoms with Crippen molar-refractivity contribution in [1.82, 2.24) is 30.4 Å². The van der Waals surface area contributed by atoms with E-state index >= 15 is 0 Å². The first-order chi connectivity index (χ1) is 16.1. The van der Waals surface area contributed by atoms with Gasteiger partial charge in [0.25, 0.3) is 0 Å². The lowest BCUT2D eigenvalue weighted by atomic mass is 9.91. The Balaban J connectivity index is 1.13. The van der Waals surface area contributed by atoms with E-state index in [1.165, 1.54) is 18.5 Å². The number of nitrogens with one attached hydrogen (secondary N) is 2. The molecule has 0 bridgehead atoms. The Hall–Kier alpha value is -3.33. The average Bonchev–Trinajstić information content (AvgIpc) is 3.53. The fourth-order valence-corrected chi connectivity index (χ4v) is 5.10. The predicted molar refractivity (Wildman–Crippen MR) is 119 cm³/mol. The van der Waals surface area contributed by atoms with Crippen LogP contribution in [-0.4, -0.2) is 38.9 Å². The van der Waals surface area contributed by atoms with E-state index in [-0.39, 0.29) is 18.5 Å². The van der Waals surface area contributed by atoms with E-state index in [2.05, 4.69) is 26.8 Å². The van der Waals surface area contributed by atoms with E-state index in [1.54, 1.807) is 23.9 Å². The van der Waals surface area contributed by atoms with E-state index < -0.39 is 6.09 Å². The van der Waals surface area contributed by atoms with Crippen LogP contribution in [0.3, 0.4) is 0 Å². The second-order valence-electron chi connectivity index (χ2n) is 8.88. The summed E-state index contributed by atoms with van der Waals surface area (Å²) in [5, 5.41) is 10.5. The summed E-state index contributed by atoms with van der Waals surface area (Å²) in [7, 11) is 1.76. The average molecular weight is 451 g/mol. The molecular weight excluding hydrogens is 423 g/mol. The van der Waals surface area contributed by atoms with Crippen molar-refractivity contribution in [1.29, 1.82) is 0 Å². The maximum absolute atomic E-state index is 13.2. The minimum absolute atomic E-state index is 0.101. The molecule has 0 radical (unpaired) electrons. The van der Waals surface area contributed by atoms with Crippen LogP contribution >= 0.6 is 0 Å². The molecule has 1 aliphatic carbocycles. The molecule has 2 aliphatic rings. The highest BCUT2D eigenvalue weighted by Gasteiger charge is 2.44. The van der Waals surface area contributed by atoms with Crippen molar-refractivity contribution >= 4 is 6.09 Å². The smallest absolute Gasteiger partial charge is 0.407 e. The Morgan fingerprint density at radius 3 is 2.73 bits per heavy atom. The zero-order valence-corrected chi connectivity index (χ0v) is 18.4. The summed E-state index contributed by atoms with van der Waals surface area (Å²) < 4.78 is 20.0. The minimum atomic E-state index is -0.428. The van der Waals surface area contributed by atoms with E-state index in [0.717, 1.165) is 36.2 Å². The van der Waals surface area contributed by atoms with E-state index in [0.29, 0.717) is 30.1 Å². The number of benzene rings is 1. The number of nitrogens with zero attached hydrogens (tertiary/aromatic N) is 4. The first-order valence-corrected chi connectivity index (χ1v) is 11.3. The molecule has 2 N–H and O–H groups in total. The van der Waals surface area contributed by atoms with Gasteiger partial charge in [-0.05, 0) is 60.9 Å². The largest absolute Gasteiger partial charge is 0.441 e. The molecule has 0 spiro atoms. The van der Waals surface area contributed by atoms with Crippen LogP contribution < -0.4 is 10.6 Å². The molecule has 4 atom stereocenters. The van der Waals surface area contributed by atoms with Gasteiger partial charge in [0.2, 0.25) is 0 Å². The molecule has 33 heavy (non-hydrogen) atoms. The number of halogens is 1. The number of pyridine rings is 1. The van der Waals surface area contributed by atoms with Gasteiger partial charge in [0, 0.05) is 25.4 Å². The van der Waals surface area contributed by atoms with Gasteiger partial charge in [0.15, 0.2) is 12.4 Å². The molecule has 3 aromatic rings.